The topological polar surface area (TPSA) is 19.7 Å². The van der Waals surface area contributed by atoms with E-state index in [-0.39, 0.29) is 0 Å². The van der Waals surface area contributed by atoms with Crippen LogP contribution in [0.5, 0.6) is 0 Å². The first-order chi connectivity index (χ1) is 27.3. The van der Waals surface area contributed by atoms with Gasteiger partial charge in [0.05, 0.1) is 5.56 Å². The van der Waals surface area contributed by atoms with E-state index >= 15 is 0 Å². The number of H-pyrrole nitrogens is 1. The van der Waals surface area contributed by atoms with Gasteiger partial charge in [0.15, 0.2) is 11.0 Å². The third-order valence-electron chi connectivity index (χ3n) is 11.2. The minimum Gasteiger partial charge on any atom is -0.236 e. The van der Waals surface area contributed by atoms with Gasteiger partial charge >= 0.3 is 0 Å². The molecule has 11 aromatic rings. The first-order valence-electron chi connectivity index (χ1n) is 18.9. The highest BCUT2D eigenvalue weighted by Crippen LogP contribution is 2.46. The maximum Gasteiger partial charge on any atom is 0.292 e. The lowest BCUT2D eigenvalue weighted by Crippen LogP contribution is -2.31. The highest BCUT2D eigenvalue weighted by molar-refractivity contribution is 6.22. The van der Waals surface area contributed by atoms with E-state index in [0.29, 0.717) is 0 Å². The predicted molar refractivity (Wildman–Crippen MR) is 232 cm³/mol. The number of fused-ring (bicyclic) bond motifs is 5. The first-order valence-corrected chi connectivity index (χ1v) is 18.9. The van der Waals surface area contributed by atoms with Crippen LogP contribution in [0.2, 0.25) is 0 Å². The number of nitrogens with one attached hydrogen (secondary N) is 1. The molecule has 2 nitrogen and oxygen atoms in total. The fourth-order valence-corrected chi connectivity index (χ4v) is 8.64. The monoisotopic (exact) mass is 699 g/mol. The van der Waals surface area contributed by atoms with Crippen molar-refractivity contribution in [3.05, 3.63) is 206 Å². The fourth-order valence-electron chi connectivity index (χ4n) is 8.64. The Bertz CT molecular complexity index is 3260. The smallest absolute Gasteiger partial charge is 0.236 e. The van der Waals surface area contributed by atoms with Gasteiger partial charge in [0.2, 0.25) is 0 Å². The van der Waals surface area contributed by atoms with Crippen LogP contribution in [-0.4, -0.2) is 4.98 Å². The van der Waals surface area contributed by atoms with Gasteiger partial charge in [0, 0.05) is 0 Å². The van der Waals surface area contributed by atoms with Gasteiger partial charge in [0.25, 0.3) is 5.82 Å². The van der Waals surface area contributed by atoms with Crippen LogP contribution in [0.25, 0.3) is 105 Å². The molecule has 0 unspecified atom stereocenters. The average Bonchev–Trinajstić information content (AvgIpc) is 3.65. The summed E-state index contributed by atoms with van der Waals surface area (Å²) in [5.74, 6) is 1.05. The molecule has 0 aliphatic carbocycles. The van der Waals surface area contributed by atoms with Gasteiger partial charge < -0.3 is 0 Å². The standard InChI is InChI=1S/C53H34N2/c1-2-19-44(20-3-1)55-50-24-11-10-23-49(50)54-53(55)43-18-12-17-39(33-43)40-29-30-47-48(34-40)52(42-28-26-36-14-5-7-16-38(36)32-42)46-22-9-8-21-45(46)51(47)41-27-25-35-13-4-6-15-37(35)31-41/h1-34H/p+1. The Labute approximate surface area is 319 Å². The molecule has 0 aliphatic rings. The Morgan fingerprint density at radius 3 is 1.55 bits per heavy atom. The number of aromatic nitrogens is 2. The summed E-state index contributed by atoms with van der Waals surface area (Å²) in [6.45, 7) is 0. The van der Waals surface area contributed by atoms with E-state index in [4.69, 9.17) is 0 Å². The highest BCUT2D eigenvalue weighted by atomic mass is 15.1. The molecule has 10 aromatic carbocycles. The van der Waals surface area contributed by atoms with Crippen LogP contribution in [0, 0.1) is 0 Å². The molecule has 1 N–H and O–H groups in total. The lowest BCUT2D eigenvalue weighted by atomic mass is 9.84. The van der Waals surface area contributed by atoms with Gasteiger partial charge in [0.1, 0.15) is 5.69 Å². The normalized spacial score (nSPS) is 11.6. The number of aromatic amines is 1. The number of para-hydroxylation sites is 3. The van der Waals surface area contributed by atoms with Crippen molar-refractivity contribution in [1.29, 1.82) is 0 Å². The molecule has 0 atom stereocenters. The van der Waals surface area contributed by atoms with Crippen molar-refractivity contribution >= 4 is 54.1 Å². The van der Waals surface area contributed by atoms with Crippen LogP contribution in [0.4, 0.5) is 0 Å². The Morgan fingerprint density at radius 1 is 0.309 bits per heavy atom. The summed E-state index contributed by atoms with van der Waals surface area (Å²) >= 11 is 0. The van der Waals surface area contributed by atoms with Gasteiger partial charge in [-0.05, 0) is 131 Å². The third kappa shape index (κ3) is 5.22. The lowest BCUT2D eigenvalue weighted by molar-refractivity contribution is -0.554. The molecule has 0 saturated heterocycles. The van der Waals surface area contributed by atoms with E-state index in [2.05, 4.69) is 216 Å². The molecule has 0 amide bonds. The molecular formula is C53H35N2+. The SMILES string of the molecule is c1ccc(-[n+]2c(-c3cccc(-c4ccc5c(-c6ccc7ccccc7c6)c6ccccc6c(-c6ccc7ccccc7c6)c5c4)c3)[nH]c3ccccc32)cc1. The van der Waals surface area contributed by atoms with Crippen LogP contribution < -0.4 is 4.57 Å². The molecule has 0 bridgehead atoms. The summed E-state index contributed by atoms with van der Waals surface area (Å²) in [6, 6.07) is 75.2. The number of imidazole rings is 1. The van der Waals surface area contributed by atoms with Crippen molar-refractivity contribution in [2.75, 3.05) is 0 Å². The van der Waals surface area contributed by atoms with Crippen LogP contribution >= 0.6 is 0 Å². The van der Waals surface area contributed by atoms with E-state index in [1.54, 1.807) is 0 Å². The van der Waals surface area contributed by atoms with Crippen LogP contribution in [0.1, 0.15) is 0 Å². The summed E-state index contributed by atoms with van der Waals surface area (Å²) in [5.41, 5.74) is 11.8. The Kier molecular flexibility index (Phi) is 7.21. The second-order valence-corrected chi connectivity index (χ2v) is 14.4. The molecule has 1 aromatic heterocycles. The predicted octanol–water partition coefficient (Wildman–Crippen LogP) is 13.7. The second-order valence-electron chi connectivity index (χ2n) is 14.4. The molecular weight excluding hydrogens is 665 g/mol. The minimum atomic E-state index is 1.05. The van der Waals surface area contributed by atoms with Crippen molar-refractivity contribution < 1.29 is 4.57 Å². The van der Waals surface area contributed by atoms with Crippen molar-refractivity contribution in [3.8, 4) is 50.5 Å². The van der Waals surface area contributed by atoms with Gasteiger partial charge in [-0.2, -0.15) is 4.57 Å². The number of benzene rings is 10. The number of rotatable bonds is 5. The molecule has 0 saturated carbocycles. The number of hydrogen-bond donors (Lipinski definition) is 1. The molecule has 0 spiro atoms. The largest absolute Gasteiger partial charge is 0.292 e. The van der Waals surface area contributed by atoms with Crippen molar-refractivity contribution in [1.82, 2.24) is 4.98 Å². The summed E-state index contributed by atoms with van der Waals surface area (Å²) in [5, 5.41) is 9.97. The van der Waals surface area contributed by atoms with Crippen molar-refractivity contribution in [2.45, 2.75) is 0 Å². The maximum absolute atomic E-state index is 3.75. The molecule has 11 rings (SSSR count). The third-order valence-corrected chi connectivity index (χ3v) is 11.2. The maximum atomic E-state index is 3.75. The molecule has 0 radical (unpaired) electrons. The molecule has 55 heavy (non-hydrogen) atoms. The van der Waals surface area contributed by atoms with Gasteiger partial charge in [-0.3, -0.25) is 0 Å². The van der Waals surface area contributed by atoms with E-state index in [0.717, 1.165) is 28.1 Å². The van der Waals surface area contributed by atoms with E-state index in [1.807, 2.05) is 0 Å². The van der Waals surface area contributed by atoms with E-state index in [1.165, 1.54) is 76.5 Å². The van der Waals surface area contributed by atoms with Crippen molar-refractivity contribution in [3.63, 3.8) is 0 Å². The summed E-state index contributed by atoms with van der Waals surface area (Å²) in [7, 11) is 0. The van der Waals surface area contributed by atoms with Crippen LogP contribution in [-0.2, 0) is 0 Å². The summed E-state index contributed by atoms with van der Waals surface area (Å²) in [6.07, 6.45) is 0. The Morgan fingerprint density at radius 2 is 0.836 bits per heavy atom. The quantitative estimate of drug-likeness (QED) is 0.136. The van der Waals surface area contributed by atoms with Gasteiger partial charge in [-0.15, -0.1) is 0 Å². The molecule has 0 fully saturated rings. The molecule has 1 heterocycles. The zero-order valence-corrected chi connectivity index (χ0v) is 30.1. The highest BCUT2D eigenvalue weighted by Gasteiger charge is 2.23. The fraction of sp³-hybridized carbons (Fsp3) is 0. The zero-order chi connectivity index (χ0) is 36.3. The van der Waals surface area contributed by atoms with Gasteiger partial charge in [-0.1, -0.05) is 152 Å². The number of nitrogens with zero attached hydrogens (tertiary/aromatic N) is 1. The Balaban J connectivity index is 1.17. The number of hydrogen-bond acceptors (Lipinski definition) is 0. The van der Waals surface area contributed by atoms with Crippen molar-refractivity contribution in [2.24, 2.45) is 0 Å². The second kappa shape index (κ2) is 12.7. The molecule has 256 valence electrons. The average molecular weight is 700 g/mol. The molecule has 0 aliphatic heterocycles. The van der Waals surface area contributed by atoms with E-state index < -0.39 is 0 Å². The summed E-state index contributed by atoms with van der Waals surface area (Å²) in [4.78, 5) is 3.75. The van der Waals surface area contributed by atoms with Crippen LogP contribution in [0.3, 0.4) is 0 Å². The zero-order valence-electron chi connectivity index (χ0n) is 30.1. The molecule has 2 heteroatoms. The van der Waals surface area contributed by atoms with Crippen LogP contribution in [0.15, 0.2) is 206 Å². The Hall–Kier alpha value is -7.29. The minimum absolute atomic E-state index is 1.05. The summed E-state index contributed by atoms with van der Waals surface area (Å²) < 4.78 is 2.33. The van der Waals surface area contributed by atoms with Gasteiger partial charge in [-0.25, -0.2) is 4.98 Å². The lowest BCUT2D eigenvalue weighted by Gasteiger charge is -2.19. The van der Waals surface area contributed by atoms with E-state index in [9.17, 15) is 0 Å². The first kappa shape index (κ1) is 31.3.